The van der Waals surface area contributed by atoms with E-state index in [0.717, 1.165) is 11.1 Å². The molecule has 1 aromatic heterocycles. The molecule has 1 N–H and O–H groups in total. The van der Waals surface area contributed by atoms with Crippen molar-refractivity contribution in [2.45, 2.75) is 63.3 Å². The maximum atomic E-state index is 13.6. The highest BCUT2D eigenvalue weighted by atomic mass is 19.4. The van der Waals surface area contributed by atoms with E-state index in [1.807, 2.05) is 6.92 Å². The first-order chi connectivity index (χ1) is 13.7. The van der Waals surface area contributed by atoms with Gasteiger partial charge in [-0.15, -0.1) is 0 Å². The first-order valence-corrected chi connectivity index (χ1v) is 10.2. The predicted molar refractivity (Wildman–Crippen MR) is 99.1 cm³/mol. The Labute approximate surface area is 167 Å². The number of hydrogen-bond donors (Lipinski definition) is 1. The fourth-order valence-corrected chi connectivity index (χ4v) is 4.70. The van der Waals surface area contributed by atoms with Gasteiger partial charge in [-0.1, -0.05) is 6.92 Å². The Hall–Kier alpha value is -2.26. The van der Waals surface area contributed by atoms with Gasteiger partial charge >= 0.3 is 6.18 Å². The lowest BCUT2D eigenvalue weighted by atomic mass is 10.0. The van der Waals surface area contributed by atoms with Crippen LogP contribution in [0.5, 0.6) is 0 Å². The van der Waals surface area contributed by atoms with Crippen molar-refractivity contribution in [1.29, 1.82) is 0 Å². The molecule has 0 unspecified atom stereocenters. The fraction of sp³-hybridized carbons (Fsp3) is 0.737. The van der Waals surface area contributed by atoms with Crippen LogP contribution in [0.2, 0.25) is 0 Å². The van der Waals surface area contributed by atoms with Crippen LogP contribution in [0.4, 0.5) is 19.0 Å². The Morgan fingerprint density at radius 1 is 1.38 bits per heavy atom. The van der Waals surface area contributed by atoms with Gasteiger partial charge in [-0.3, -0.25) is 9.59 Å². The maximum Gasteiger partial charge on any atom is 0.410 e. The van der Waals surface area contributed by atoms with Crippen LogP contribution in [0.25, 0.3) is 0 Å². The van der Waals surface area contributed by atoms with E-state index in [1.165, 1.54) is 0 Å². The average molecular weight is 413 g/mol. The molecule has 2 saturated heterocycles. The third-order valence-corrected chi connectivity index (χ3v) is 6.35. The number of halogens is 3. The van der Waals surface area contributed by atoms with Crippen molar-refractivity contribution in [2.75, 3.05) is 25.5 Å². The minimum Gasteiger partial charge on any atom is -0.367 e. The molecule has 4 heterocycles. The van der Waals surface area contributed by atoms with Gasteiger partial charge in [-0.25, -0.2) is 4.68 Å². The molecule has 0 saturated carbocycles. The number of nitrogens with one attached hydrogen (secondary N) is 1. The largest absolute Gasteiger partial charge is 0.410 e. The first-order valence-electron chi connectivity index (χ1n) is 10.2. The van der Waals surface area contributed by atoms with E-state index >= 15 is 0 Å². The van der Waals surface area contributed by atoms with Crippen molar-refractivity contribution in [3.63, 3.8) is 0 Å². The minimum absolute atomic E-state index is 0.0561. The lowest BCUT2D eigenvalue weighted by Crippen LogP contribution is -2.39. The monoisotopic (exact) mass is 413 g/mol. The molecule has 2 fully saturated rings. The molecular weight excluding hydrogens is 387 g/mol. The summed E-state index contributed by atoms with van der Waals surface area (Å²) >= 11 is 0. The Bertz CT molecular complexity index is 808. The molecule has 2 amide bonds. The summed E-state index contributed by atoms with van der Waals surface area (Å²) in [5.74, 6) is -0.200. The van der Waals surface area contributed by atoms with E-state index in [0.29, 0.717) is 37.4 Å². The second-order valence-electron chi connectivity index (χ2n) is 8.31. The van der Waals surface area contributed by atoms with Crippen molar-refractivity contribution >= 4 is 17.6 Å². The zero-order chi connectivity index (χ0) is 20.9. The van der Waals surface area contributed by atoms with Gasteiger partial charge in [0.1, 0.15) is 5.82 Å². The number of nitrogens with zero attached hydrogens (tertiary/aromatic N) is 4. The van der Waals surface area contributed by atoms with Crippen LogP contribution in [-0.2, 0) is 9.59 Å². The van der Waals surface area contributed by atoms with E-state index in [-0.39, 0.29) is 36.7 Å². The summed E-state index contributed by atoms with van der Waals surface area (Å²) in [5.41, 5.74) is 0.488. The molecule has 1 aromatic rings. The second-order valence-corrected chi connectivity index (χ2v) is 8.31. The van der Waals surface area contributed by atoms with Crippen LogP contribution in [0.1, 0.15) is 56.8 Å². The Balaban J connectivity index is 1.59. The van der Waals surface area contributed by atoms with Crippen LogP contribution >= 0.6 is 0 Å². The highest BCUT2D eigenvalue weighted by Gasteiger charge is 2.47. The summed E-state index contributed by atoms with van der Waals surface area (Å²) in [7, 11) is 1.67. The average Bonchev–Trinajstić information content (AvgIpc) is 3.37. The molecule has 4 atom stereocenters. The van der Waals surface area contributed by atoms with Gasteiger partial charge < -0.3 is 15.1 Å². The van der Waals surface area contributed by atoms with Crippen LogP contribution in [0.3, 0.4) is 0 Å². The number of aromatic nitrogens is 2. The number of carbonyl (C=O) groups excluding carboxylic acids is 2. The molecule has 3 aliphatic rings. The van der Waals surface area contributed by atoms with Crippen molar-refractivity contribution in [3.8, 4) is 0 Å². The summed E-state index contributed by atoms with van der Waals surface area (Å²) in [6, 6.07) is -0.621. The number of fused-ring (bicyclic) bond motifs is 1. The zero-order valence-corrected chi connectivity index (χ0v) is 16.6. The van der Waals surface area contributed by atoms with Gasteiger partial charge in [0, 0.05) is 38.7 Å². The second kappa shape index (κ2) is 7.21. The summed E-state index contributed by atoms with van der Waals surface area (Å²) in [6.07, 6.45) is -2.24. The molecule has 0 aliphatic carbocycles. The predicted octanol–water partition coefficient (Wildman–Crippen LogP) is 2.72. The van der Waals surface area contributed by atoms with Gasteiger partial charge in [-0.05, 0) is 25.7 Å². The number of rotatable bonds is 3. The van der Waals surface area contributed by atoms with Gasteiger partial charge in [0.05, 0.1) is 17.7 Å². The molecule has 7 nitrogen and oxygen atoms in total. The van der Waals surface area contributed by atoms with E-state index in [4.69, 9.17) is 0 Å². The molecule has 10 heteroatoms. The quantitative estimate of drug-likeness (QED) is 0.827. The number of carbonyl (C=O) groups is 2. The minimum atomic E-state index is -4.38. The summed E-state index contributed by atoms with van der Waals surface area (Å²) in [6.45, 7) is 2.78. The van der Waals surface area contributed by atoms with Crippen molar-refractivity contribution in [1.82, 2.24) is 19.6 Å². The van der Waals surface area contributed by atoms with Gasteiger partial charge in [0.25, 0.3) is 0 Å². The van der Waals surface area contributed by atoms with Crippen LogP contribution in [0.15, 0.2) is 6.07 Å². The SMILES string of the molecule is CC[C@@H]1C[C@H](C(F)(F)F)n2nc([C@H]3CCCN3C(=O)[C@H]3CC(=O)N(C)C3)cc2N1. The van der Waals surface area contributed by atoms with Crippen LogP contribution in [-0.4, -0.2) is 63.7 Å². The molecule has 4 rings (SSSR count). The van der Waals surface area contributed by atoms with Crippen molar-refractivity contribution < 1.29 is 22.8 Å². The number of hydrogen-bond acceptors (Lipinski definition) is 4. The Morgan fingerprint density at radius 3 is 2.76 bits per heavy atom. The molecule has 3 aliphatic heterocycles. The fourth-order valence-electron chi connectivity index (χ4n) is 4.70. The van der Waals surface area contributed by atoms with Crippen molar-refractivity contribution in [3.05, 3.63) is 11.8 Å². The Morgan fingerprint density at radius 2 is 2.14 bits per heavy atom. The van der Waals surface area contributed by atoms with Gasteiger partial charge in [-0.2, -0.15) is 18.3 Å². The molecule has 0 bridgehead atoms. The number of likely N-dealkylation sites (tertiary alicyclic amines) is 2. The number of amides is 2. The van der Waals surface area contributed by atoms with Gasteiger partial charge in [0.15, 0.2) is 6.04 Å². The van der Waals surface area contributed by atoms with Crippen LogP contribution < -0.4 is 5.32 Å². The molecule has 0 radical (unpaired) electrons. The van der Waals surface area contributed by atoms with Crippen LogP contribution in [0, 0.1) is 5.92 Å². The molecule has 29 heavy (non-hydrogen) atoms. The maximum absolute atomic E-state index is 13.6. The summed E-state index contributed by atoms with van der Waals surface area (Å²) < 4.78 is 41.9. The summed E-state index contributed by atoms with van der Waals surface area (Å²) in [4.78, 5) is 28.1. The van der Waals surface area contributed by atoms with E-state index in [9.17, 15) is 22.8 Å². The molecule has 160 valence electrons. The topological polar surface area (TPSA) is 70.5 Å². The number of alkyl halides is 3. The highest BCUT2D eigenvalue weighted by molar-refractivity contribution is 5.89. The number of anilines is 1. The van der Waals surface area contributed by atoms with Gasteiger partial charge in [0.2, 0.25) is 11.8 Å². The smallest absolute Gasteiger partial charge is 0.367 e. The molecule has 0 aromatic carbocycles. The first kappa shape index (κ1) is 20.0. The van der Waals surface area contributed by atoms with Crippen molar-refractivity contribution in [2.24, 2.45) is 5.92 Å². The third kappa shape index (κ3) is 3.57. The van der Waals surface area contributed by atoms with E-state index < -0.39 is 18.1 Å². The highest BCUT2D eigenvalue weighted by Crippen LogP contribution is 2.42. The standard InChI is InChI=1S/C19H26F3N5O2/c1-3-12-8-15(19(20,21)22)27-16(23-12)9-13(24-27)14-5-4-6-26(14)18(29)11-7-17(28)25(2)10-11/h9,11-12,14-15,23H,3-8,10H2,1-2H3/t11-,12+,14+,15+/m0/s1. The molecular formula is C19H26F3N5O2. The molecule has 0 spiro atoms. The van der Waals surface area contributed by atoms with E-state index in [1.54, 1.807) is 22.9 Å². The third-order valence-electron chi connectivity index (χ3n) is 6.35. The van der Waals surface area contributed by atoms with E-state index in [2.05, 4.69) is 10.4 Å². The normalized spacial score (nSPS) is 29.9. The summed E-state index contributed by atoms with van der Waals surface area (Å²) in [5, 5.41) is 7.45. The lowest BCUT2D eigenvalue weighted by Gasteiger charge is -2.32. The Kier molecular flexibility index (Phi) is 4.98. The zero-order valence-electron chi connectivity index (χ0n) is 16.6. The lowest BCUT2D eigenvalue weighted by molar-refractivity contribution is -0.173.